The van der Waals surface area contributed by atoms with Crippen LogP contribution in [0, 0.1) is 16.0 Å². The minimum absolute atomic E-state index is 0.111. The maximum Gasteiger partial charge on any atom is 0.310 e. The van der Waals surface area contributed by atoms with Gasteiger partial charge in [0, 0.05) is 31.9 Å². The normalized spacial score (nSPS) is 27.2. The fourth-order valence-electron chi connectivity index (χ4n) is 2.91. The molecule has 1 aromatic heterocycles. The molecule has 2 aliphatic heterocycles. The molecule has 0 radical (unpaired) electrons. The lowest BCUT2D eigenvalue weighted by Crippen LogP contribution is -2.34. The molecule has 2 fully saturated rings. The highest BCUT2D eigenvalue weighted by atomic mass is 16.6. The molecule has 0 bridgehead atoms. The van der Waals surface area contributed by atoms with Crippen LogP contribution in [0.15, 0.2) is 18.5 Å². The standard InChI is InChI=1S/C11H14N4O2/c16-15(17)11-7-12-3-1-9(11)14-4-2-8-5-13-6-10(8)14/h1,3,7-8,10,13H,2,4-6H2/t8-,10+/m0/s1. The number of fused-ring (bicyclic) bond motifs is 1. The molecule has 0 spiro atoms. The van der Waals surface area contributed by atoms with Gasteiger partial charge in [-0.25, -0.2) is 0 Å². The van der Waals surface area contributed by atoms with Crippen LogP contribution >= 0.6 is 0 Å². The average molecular weight is 234 g/mol. The third-order valence-electron chi connectivity index (χ3n) is 3.73. The Hall–Kier alpha value is -1.69. The van der Waals surface area contributed by atoms with Gasteiger partial charge in [0.2, 0.25) is 0 Å². The van der Waals surface area contributed by atoms with Crippen molar-refractivity contribution in [3.05, 3.63) is 28.6 Å². The predicted octanol–water partition coefficient (Wildman–Crippen LogP) is 0.788. The lowest BCUT2D eigenvalue weighted by molar-refractivity contribution is -0.384. The number of rotatable bonds is 2. The van der Waals surface area contributed by atoms with Gasteiger partial charge in [-0.05, 0) is 18.4 Å². The van der Waals surface area contributed by atoms with E-state index >= 15 is 0 Å². The summed E-state index contributed by atoms with van der Waals surface area (Å²) in [4.78, 5) is 16.6. The molecule has 1 N–H and O–H groups in total. The molecule has 6 nitrogen and oxygen atoms in total. The van der Waals surface area contributed by atoms with Crippen LogP contribution in [0.1, 0.15) is 6.42 Å². The second-order valence-corrected chi connectivity index (χ2v) is 4.59. The number of nitrogens with zero attached hydrogens (tertiary/aromatic N) is 3. The van der Waals surface area contributed by atoms with Gasteiger partial charge in [-0.15, -0.1) is 0 Å². The van der Waals surface area contributed by atoms with Gasteiger partial charge in [0.15, 0.2) is 0 Å². The van der Waals surface area contributed by atoms with Gasteiger partial charge in [0.1, 0.15) is 11.9 Å². The molecule has 90 valence electrons. The number of pyridine rings is 1. The van der Waals surface area contributed by atoms with Gasteiger partial charge in [0.25, 0.3) is 0 Å². The summed E-state index contributed by atoms with van der Waals surface area (Å²) in [6.45, 7) is 2.85. The summed E-state index contributed by atoms with van der Waals surface area (Å²) >= 11 is 0. The Morgan fingerprint density at radius 2 is 2.41 bits per heavy atom. The van der Waals surface area contributed by atoms with E-state index in [4.69, 9.17) is 0 Å². The van der Waals surface area contributed by atoms with E-state index in [0.717, 1.165) is 26.1 Å². The molecule has 1 aromatic rings. The Bertz CT molecular complexity index is 451. The van der Waals surface area contributed by atoms with Crippen molar-refractivity contribution in [2.45, 2.75) is 12.5 Å². The van der Waals surface area contributed by atoms with Crippen molar-refractivity contribution in [2.75, 3.05) is 24.5 Å². The number of aromatic nitrogens is 1. The Kier molecular flexibility index (Phi) is 2.44. The van der Waals surface area contributed by atoms with E-state index in [1.165, 1.54) is 6.20 Å². The van der Waals surface area contributed by atoms with Crippen LogP contribution in [0.25, 0.3) is 0 Å². The second kappa shape index (κ2) is 3.96. The zero-order valence-electron chi connectivity index (χ0n) is 9.37. The van der Waals surface area contributed by atoms with E-state index in [-0.39, 0.29) is 10.6 Å². The van der Waals surface area contributed by atoms with Gasteiger partial charge in [0.05, 0.1) is 4.92 Å². The Morgan fingerprint density at radius 1 is 1.53 bits per heavy atom. The average Bonchev–Trinajstić information content (AvgIpc) is 2.90. The minimum atomic E-state index is -0.349. The predicted molar refractivity (Wildman–Crippen MR) is 63.0 cm³/mol. The molecule has 17 heavy (non-hydrogen) atoms. The molecule has 0 amide bonds. The van der Waals surface area contributed by atoms with Crippen LogP contribution in [-0.2, 0) is 0 Å². The largest absolute Gasteiger partial charge is 0.361 e. The lowest BCUT2D eigenvalue weighted by atomic mass is 10.1. The first-order valence-corrected chi connectivity index (χ1v) is 5.83. The maximum atomic E-state index is 11.0. The summed E-state index contributed by atoms with van der Waals surface area (Å²) in [6.07, 6.45) is 4.07. The van der Waals surface area contributed by atoms with Crippen LogP contribution in [0.2, 0.25) is 0 Å². The third-order valence-corrected chi connectivity index (χ3v) is 3.73. The van der Waals surface area contributed by atoms with Crippen molar-refractivity contribution in [3.63, 3.8) is 0 Å². The number of nitrogens with one attached hydrogen (secondary N) is 1. The highest BCUT2D eigenvalue weighted by Crippen LogP contribution is 2.36. The topological polar surface area (TPSA) is 71.3 Å². The highest BCUT2D eigenvalue weighted by Gasteiger charge is 2.39. The van der Waals surface area contributed by atoms with E-state index in [1.807, 2.05) is 0 Å². The van der Waals surface area contributed by atoms with Gasteiger partial charge in [-0.3, -0.25) is 15.1 Å². The van der Waals surface area contributed by atoms with Gasteiger partial charge < -0.3 is 10.2 Å². The SMILES string of the molecule is O=[N+]([O-])c1cnccc1N1CC[C@H]2CNC[C@H]21. The molecule has 2 atom stereocenters. The molecular weight excluding hydrogens is 220 g/mol. The Balaban J connectivity index is 1.96. The first kappa shape index (κ1) is 10.5. The number of anilines is 1. The monoisotopic (exact) mass is 234 g/mol. The minimum Gasteiger partial charge on any atom is -0.361 e. The van der Waals surface area contributed by atoms with E-state index < -0.39 is 0 Å². The van der Waals surface area contributed by atoms with E-state index in [2.05, 4.69) is 15.2 Å². The zero-order valence-corrected chi connectivity index (χ0v) is 9.37. The third kappa shape index (κ3) is 1.64. The molecule has 0 aromatic carbocycles. The smallest absolute Gasteiger partial charge is 0.310 e. The van der Waals surface area contributed by atoms with Crippen molar-refractivity contribution < 1.29 is 4.92 Å². The number of nitro groups is 1. The van der Waals surface area contributed by atoms with Crippen LogP contribution in [0.3, 0.4) is 0 Å². The first-order valence-electron chi connectivity index (χ1n) is 5.83. The quantitative estimate of drug-likeness (QED) is 0.605. The zero-order chi connectivity index (χ0) is 11.8. The maximum absolute atomic E-state index is 11.0. The van der Waals surface area contributed by atoms with E-state index in [0.29, 0.717) is 17.6 Å². The molecule has 2 aliphatic rings. The van der Waals surface area contributed by atoms with Crippen LogP contribution in [-0.4, -0.2) is 35.6 Å². The Morgan fingerprint density at radius 3 is 3.24 bits per heavy atom. The van der Waals surface area contributed by atoms with Gasteiger partial charge >= 0.3 is 5.69 Å². The van der Waals surface area contributed by atoms with E-state index in [1.54, 1.807) is 12.3 Å². The summed E-state index contributed by atoms with van der Waals surface area (Å²) < 4.78 is 0. The lowest BCUT2D eigenvalue weighted by Gasteiger charge is -2.24. The van der Waals surface area contributed by atoms with Gasteiger partial charge in [-0.1, -0.05) is 0 Å². The highest BCUT2D eigenvalue weighted by molar-refractivity contribution is 5.63. The van der Waals surface area contributed by atoms with E-state index in [9.17, 15) is 10.1 Å². The molecule has 0 saturated carbocycles. The molecule has 0 unspecified atom stereocenters. The summed E-state index contributed by atoms with van der Waals surface area (Å²) in [5, 5.41) is 14.3. The van der Waals surface area contributed by atoms with Crippen LogP contribution < -0.4 is 10.2 Å². The fraction of sp³-hybridized carbons (Fsp3) is 0.545. The molecule has 0 aliphatic carbocycles. The summed E-state index contributed by atoms with van der Waals surface area (Å²) in [7, 11) is 0. The molecule has 6 heteroatoms. The van der Waals surface area contributed by atoms with Crippen molar-refractivity contribution in [1.29, 1.82) is 0 Å². The molecule has 3 rings (SSSR count). The number of hydrogen-bond donors (Lipinski definition) is 1. The van der Waals surface area contributed by atoms with Crippen molar-refractivity contribution in [2.24, 2.45) is 5.92 Å². The molecule has 3 heterocycles. The summed E-state index contributed by atoms with van der Waals surface area (Å²) in [5.74, 6) is 0.628. The molecular formula is C11H14N4O2. The first-order chi connectivity index (χ1) is 8.27. The second-order valence-electron chi connectivity index (χ2n) is 4.59. The van der Waals surface area contributed by atoms with Gasteiger partial charge in [-0.2, -0.15) is 0 Å². The summed E-state index contributed by atoms with van der Waals surface area (Å²) in [5.41, 5.74) is 0.821. The summed E-state index contributed by atoms with van der Waals surface area (Å²) in [6, 6.07) is 2.15. The van der Waals surface area contributed by atoms with Crippen LogP contribution in [0.4, 0.5) is 11.4 Å². The molecule has 2 saturated heterocycles. The Labute approximate surface area is 98.8 Å². The number of hydrogen-bond acceptors (Lipinski definition) is 5. The van der Waals surface area contributed by atoms with Crippen molar-refractivity contribution in [1.82, 2.24) is 10.3 Å². The van der Waals surface area contributed by atoms with Crippen molar-refractivity contribution in [3.8, 4) is 0 Å². The van der Waals surface area contributed by atoms with Crippen molar-refractivity contribution >= 4 is 11.4 Å². The fourth-order valence-corrected chi connectivity index (χ4v) is 2.91. The van der Waals surface area contributed by atoms with Crippen LogP contribution in [0.5, 0.6) is 0 Å².